The average Bonchev–Trinajstić information content (AvgIpc) is 3.28. The van der Waals surface area contributed by atoms with Gasteiger partial charge >= 0.3 is 6.03 Å². The third-order valence-electron chi connectivity index (χ3n) is 5.74. The number of fused-ring (bicyclic) bond motifs is 2. The number of methoxy groups -OCH3 is 2. The van der Waals surface area contributed by atoms with Gasteiger partial charge in [-0.3, -0.25) is 9.89 Å². The van der Waals surface area contributed by atoms with E-state index in [1.807, 2.05) is 36.4 Å². The van der Waals surface area contributed by atoms with Crippen molar-refractivity contribution in [2.45, 2.75) is 13.0 Å². The second-order valence-electron chi connectivity index (χ2n) is 7.77. The zero-order chi connectivity index (χ0) is 22.9. The number of ether oxygens (including phenoxy) is 2. The van der Waals surface area contributed by atoms with Crippen LogP contribution in [0.3, 0.4) is 0 Å². The van der Waals surface area contributed by atoms with Gasteiger partial charge in [-0.15, -0.1) is 0 Å². The van der Waals surface area contributed by atoms with Gasteiger partial charge in [-0.25, -0.2) is 14.3 Å². The van der Waals surface area contributed by atoms with Crippen LogP contribution in [0.1, 0.15) is 11.3 Å². The van der Waals surface area contributed by atoms with Gasteiger partial charge in [-0.1, -0.05) is 30.3 Å². The van der Waals surface area contributed by atoms with Crippen molar-refractivity contribution in [1.29, 1.82) is 0 Å². The monoisotopic (exact) mass is 445 g/mol. The van der Waals surface area contributed by atoms with Crippen molar-refractivity contribution in [3.63, 3.8) is 0 Å². The van der Waals surface area contributed by atoms with Gasteiger partial charge in [0.05, 0.1) is 32.2 Å². The summed E-state index contributed by atoms with van der Waals surface area (Å²) in [5, 5.41) is 6.02. The summed E-state index contributed by atoms with van der Waals surface area (Å²) in [6, 6.07) is 16.5. The highest BCUT2D eigenvalue weighted by molar-refractivity contribution is 5.90. The second-order valence-corrected chi connectivity index (χ2v) is 7.77. The van der Waals surface area contributed by atoms with Gasteiger partial charge in [0, 0.05) is 42.1 Å². The van der Waals surface area contributed by atoms with Crippen LogP contribution in [0.15, 0.2) is 59.4 Å². The number of nitrogens with zero attached hydrogens (tertiary/aromatic N) is 3. The van der Waals surface area contributed by atoms with Crippen molar-refractivity contribution in [2.24, 2.45) is 0 Å². The third kappa shape index (κ3) is 3.89. The van der Waals surface area contributed by atoms with Gasteiger partial charge < -0.3 is 19.7 Å². The van der Waals surface area contributed by atoms with E-state index in [0.717, 1.165) is 11.3 Å². The summed E-state index contributed by atoms with van der Waals surface area (Å²) in [7, 11) is 3.11. The summed E-state index contributed by atoms with van der Waals surface area (Å²) in [6.07, 6.45) is 0.429. The average molecular weight is 445 g/mol. The highest BCUT2D eigenvalue weighted by Crippen LogP contribution is 2.26. The van der Waals surface area contributed by atoms with Gasteiger partial charge in [0.15, 0.2) is 5.65 Å². The molecule has 9 heteroatoms. The fourth-order valence-electron chi connectivity index (χ4n) is 4.01. The summed E-state index contributed by atoms with van der Waals surface area (Å²) < 4.78 is 12.0. The minimum absolute atomic E-state index is 0.130. The second kappa shape index (κ2) is 8.34. The van der Waals surface area contributed by atoms with E-state index >= 15 is 0 Å². The van der Waals surface area contributed by atoms with Crippen molar-refractivity contribution in [3.8, 4) is 22.8 Å². The number of amides is 2. The van der Waals surface area contributed by atoms with E-state index in [0.29, 0.717) is 47.1 Å². The number of urea groups is 1. The van der Waals surface area contributed by atoms with Gasteiger partial charge in [0.2, 0.25) is 0 Å². The van der Waals surface area contributed by atoms with Crippen LogP contribution < -0.4 is 20.3 Å². The highest BCUT2D eigenvalue weighted by atomic mass is 16.5. The molecule has 0 aliphatic carbocycles. The maximum atomic E-state index is 13.1. The van der Waals surface area contributed by atoms with E-state index < -0.39 is 0 Å². The number of carbonyl (C=O) groups is 1. The van der Waals surface area contributed by atoms with E-state index in [-0.39, 0.29) is 18.1 Å². The van der Waals surface area contributed by atoms with Crippen LogP contribution in [-0.4, -0.2) is 46.3 Å². The number of hydrogen-bond acceptors (Lipinski definition) is 5. The SMILES string of the molecule is COc1cc(NC(=O)N2CCc3c(nc4cc(-c5ccccc5)[nH]n4c3=O)C2)cc(OC)c1. The van der Waals surface area contributed by atoms with Crippen LogP contribution in [0.4, 0.5) is 10.5 Å². The lowest BCUT2D eigenvalue weighted by Gasteiger charge is -2.28. The van der Waals surface area contributed by atoms with Gasteiger partial charge in [0.1, 0.15) is 11.5 Å². The van der Waals surface area contributed by atoms with Crippen molar-refractivity contribution in [2.75, 3.05) is 26.1 Å². The van der Waals surface area contributed by atoms with Crippen LogP contribution in [0.5, 0.6) is 11.5 Å². The maximum absolute atomic E-state index is 13.1. The number of aromatic amines is 1. The Morgan fingerprint density at radius 2 is 1.79 bits per heavy atom. The Labute approximate surface area is 189 Å². The Balaban J connectivity index is 1.41. The molecule has 0 saturated heterocycles. The zero-order valence-electron chi connectivity index (χ0n) is 18.3. The Kier molecular flexibility index (Phi) is 5.21. The van der Waals surface area contributed by atoms with Crippen LogP contribution in [-0.2, 0) is 13.0 Å². The molecule has 3 heterocycles. The molecular formula is C24H23N5O4. The number of rotatable bonds is 4. The quantitative estimate of drug-likeness (QED) is 0.502. The first kappa shape index (κ1) is 20.6. The van der Waals surface area contributed by atoms with E-state index in [9.17, 15) is 9.59 Å². The molecule has 2 N–H and O–H groups in total. The molecule has 1 aliphatic rings. The van der Waals surface area contributed by atoms with Crippen LogP contribution in [0.2, 0.25) is 0 Å². The first-order valence-corrected chi connectivity index (χ1v) is 10.5. The molecule has 0 fully saturated rings. The normalized spacial score (nSPS) is 13.0. The van der Waals surface area contributed by atoms with E-state index in [1.54, 1.807) is 37.3 Å². The molecule has 2 amide bonds. The molecule has 1 aliphatic heterocycles. The van der Waals surface area contributed by atoms with Gasteiger partial charge in [-0.2, -0.15) is 0 Å². The minimum Gasteiger partial charge on any atom is -0.497 e. The van der Waals surface area contributed by atoms with E-state index in [4.69, 9.17) is 9.47 Å². The molecule has 2 aromatic heterocycles. The largest absolute Gasteiger partial charge is 0.497 e. The number of H-pyrrole nitrogens is 1. The molecule has 9 nitrogen and oxygen atoms in total. The number of benzene rings is 2. The highest BCUT2D eigenvalue weighted by Gasteiger charge is 2.25. The van der Waals surface area contributed by atoms with Crippen molar-refractivity contribution in [3.05, 3.63) is 76.2 Å². The molecule has 0 spiro atoms. The fourth-order valence-corrected chi connectivity index (χ4v) is 4.01. The lowest BCUT2D eigenvalue weighted by atomic mass is 10.1. The molecule has 5 rings (SSSR count). The summed E-state index contributed by atoms with van der Waals surface area (Å²) in [5.74, 6) is 1.15. The molecule has 0 atom stereocenters. The Morgan fingerprint density at radius 3 is 2.48 bits per heavy atom. The first-order valence-electron chi connectivity index (χ1n) is 10.5. The summed E-state index contributed by atoms with van der Waals surface area (Å²) in [6.45, 7) is 0.662. The number of anilines is 1. The smallest absolute Gasteiger partial charge is 0.322 e. The van der Waals surface area contributed by atoms with Crippen molar-refractivity contribution < 1.29 is 14.3 Å². The number of aromatic nitrogens is 3. The predicted octanol–water partition coefficient (Wildman–Crippen LogP) is 3.30. The van der Waals surface area contributed by atoms with Crippen LogP contribution in [0, 0.1) is 0 Å². The molecule has 33 heavy (non-hydrogen) atoms. The lowest BCUT2D eigenvalue weighted by molar-refractivity contribution is 0.205. The van der Waals surface area contributed by atoms with Crippen LogP contribution in [0.25, 0.3) is 16.9 Å². The van der Waals surface area contributed by atoms with Crippen molar-refractivity contribution >= 4 is 17.4 Å². The molecule has 4 aromatic rings. The fraction of sp³-hybridized carbons (Fsp3) is 0.208. The molecule has 0 radical (unpaired) electrons. The number of nitrogens with one attached hydrogen (secondary N) is 2. The third-order valence-corrected chi connectivity index (χ3v) is 5.74. The molecule has 2 aromatic carbocycles. The Hall–Kier alpha value is -4.27. The molecular weight excluding hydrogens is 422 g/mol. The number of carbonyl (C=O) groups excluding carboxylic acids is 1. The zero-order valence-corrected chi connectivity index (χ0v) is 18.3. The first-order chi connectivity index (χ1) is 16.1. The predicted molar refractivity (Wildman–Crippen MR) is 124 cm³/mol. The standard InChI is InChI=1S/C24H23N5O4/c1-32-17-10-16(11-18(12-17)33-2)25-24(31)28-9-8-19-21(14-28)26-22-13-20(27-29(22)23(19)30)15-6-4-3-5-7-15/h3-7,10-13,27H,8-9,14H2,1-2H3,(H,25,31). The molecule has 168 valence electrons. The molecule has 0 bridgehead atoms. The van der Waals surface area contributed by atoms with E-state index in [1.165, 1.54) is 4.52 Å². The minimum atomic E-state index is -0.281. The number of hydrogen-bond donors (Lipinski definition) is 2. The lowest BCUT2D eigenvalue weighted by Crippen LogP contribution is -2.41. The van der Waals surface area contributed by atoms with Gasteiger partial charge in [-0.05, 0) is 12.0 Å². The summed E-state index contributed by atoms with van der Waals surface area (Å²) >= 11 is 0. The Bertz CT molecular complexity index is 1370. The van der Waals surface area contributed by atoms with Gasteiger partial charge in [0.25, 0.3) is 5.56 Å². The molecule has 0 unspecified atom stereocenters. The van der Waals surface area contributed by atoms with E-state index in [2.05, 4.69) is 15.4 Å². The summed E-state index contributed by atoms with van der Waals surface area (Å²) in [5.41, 5.74) is 3.97. The topological polar surface area (TPSA) is 101 Å². The summed E-state index contributed by atoms with van der Waals surface area (Å²) in [4.78, 5) is 32.3. The molecule has 0 saturated carbocycles. The van der Waals surface area contributed by atoms with Crippen molar-refractivity contribution in [1.82, 2.24) is 19.5 Å². The maximum Gasteiger partial charge on any atom is 0.322 e. The van der Waals surface area contributed by atoms with Crippen LogP contribution >= 0.6 is 0 Å². The Morgan fingerprint density at radius 1 is 1.06 bits per heavy atom.